The van der Waals surface area contributed by atoms with Gasteiger partial charge in [0.15, 0.2) is 5.82 Å². The van der Waals surface area contributed by atoms with Crippen molar-refractivity contribution >= 4 is 44.8 Å². The van der Waals surface area contributed by atoms with Crippen LogP contribution < -0.4 is 10.5 Å². The zero-order valence-electron chi connectivity index (χ0n) is 13.8. The summed E-state index contributed by atoms with van der Waals surface area (Å²) in [4.78, 5) is 23.6. The predicted octanol–water partition coefficient (Wildman–Crippen LogP) is 3.00. The van der Waals surface area contributed by atoms with Gasteiger partial charge in [0.1, 0.15) is 17.9 Å². The monoisotopic (exact) mass is 394 g/mol. The Morgan fingerprint density at radius 1 is 1.28 bits per heavy atom. The van der Waals surface area contributed by atoms with E-state index in [2.05, 4.69) is 12.0 Å². The molecular formula is C18H18Cl2N3OS+. The van der Waals surface area contributed by atoms with Crippen molar-refractivity contribution in [3.8, 4) is 0 Å². The number of halogens is 2. The number of thiophene rings is 1. The Morgan fingerprint density at radius 3 is 2.96 bits per heavy atom. The lowest BCUT2D eigenvalue weighted by atomic mass is 10.2. The van der Waals surface area contributed by atoms with E-state index in [-0.39, 0.29) is 5.56 Å². The summed E-state index contributed by atoms with van der Waals surface area (Å²) in [6, 6.07) is 5.66. The van der Waals surface area contributed by atoms with Crippen molar-refractivity contribution in [3.63, 3.8) is 0 Å². The molecule has 4 rings (SSSR count). The van der Waals surface area contributed by atoms with Crippen LogP contribution in [0.2, 0.25) is 10.0 Å². The molecule has 1 aliphatic carbocycles. The number of benzene rings is 1. The van der Waals surface area contributed by atoms with Crippen molar-refractivity contribution in [1.29, 1.82) is 0 Å². The van der Waals surface area contributed by atoms with Gasteiger partial charge in [-0.1, -0.05) is 35.3 Å². The molecule has 1 aliphatic rings. The number of rotatable bonds is 4. The van der Waals surface area contributed by atoms with Gasteiger partial charge in [-0.15, -0.1) is 11.3 Å². The van der Waals surface area contributed by atoms with Gasteiger partial charge in [0.2, 0.25) is 0 Å². The highest BCUT2D eigenvalue weighted by molar-refractivity contribution is 7.18. The summed E-state index contributed by atoms with van der Waals surface area (Å²) in [6.45, 7) is 1.33. The summed E-state index contributed by atoms with van der Waals surface area (Å²) >= 11 is 14.0. The van der Waals surface area contributed by atoms with Crippen molar-refractivity contribution in [2.45, 2.75) is 32.4 Å². The highest BCUT2D eigenvalue weighted by atomic mass is 35.5. The number of aromatic nitrogens is 2. The van der Waals surface area contributed by atoms with Gasteiger partial charge in [0.25, 0.3) is 5.56 Å². The third-order valence-corrected chi connectivity index (χ3v) is 6.66. The fourth-order valence-corrected chi connectivity index (χ4v) is 5.16. The molecule has 1 atom stereocenters. The Balaban J connectivity index is 1.58. The number of nitrogens with one attached hydrogen (secondary N) is 2. The normalized spacial score (nSPS) is 14.8. The lowest BCUT2D eigenvalue weighted by Gasteiger charge is -2.14. The second-order valence-electron chi connectivity index (χ2n) is 6.57. The Hall–Kier alpha value is -1.40. The quantitative estimate of drug-likeness (QED) is 0.714. The van der Waals surface area contributed by atoms with Gasteiger partial charge in [-0.2, -0.15) is 0 Å². The number of aryl methyl sites for hydroxylation is 2. The van der Waals surface area contributed by atoms with E-state index >= 15 is 0 Å². The molecule has 7 heteroatoms. The minimum absolute atomic E-state index is 0.00649. The second kappa shape index (κ2) is 6.72. The summed E-state index contributed by atoms with van der Waals surface area (Å²) in [6.07, 6.45) is 3.22. The lowest BCUT2D eigenvalue weighted by molar-refractivity contribution is -0.908. The third-order valence-electron chi connectivity index (χ3n) is 4.62. The van der Waals surface area contributed by atoms with E-state index in [0.29, 0.717) is 29.0 Å². The van der Waals surface area contributed by atoms with Gasteiger partial charge in [0.05, 0.1) is 22.5 Å². The summed E-state index contributed by atoms with van der Waals surface area (Å²) in [7, 11) is 2.05. The van der Waals surface area contributed by atoms with Crippen molar-refractivity contribution in [2.24, 2.45) is 0 Å². The van der Waals surface area contributed by atoms with E-state index < -0.39 is 0 Å². The number of fused-ring (bicyclic) bond motifs is 3. The largest absolute Gasteiger partial charge is 0.327 e. The molecule has 130 valence electrons. The first-order valence-corrected chi connectivity index (χ1v) is 9.88. The van der Waals surface area contributed by atoms with Crippen LogP contribution in [-0.2, 0) is 25.9 Å². The zero-order valence-corrected chi connectivity index (χ0v) is 16.1. The van der Waals surface area contributed by atoms with Gasteiger partial charge in [-0.3, -0.25) is 4.79 Å². The molecule has 0 spiro atoms. The van der Waals surface area contributed by atoms with Crippen molar-refractivity contribution in [1.82, 2.24) is 9.97 Å². The van der Waals surface area contributed by atoms with Crippen LogP contribution in [0.4, 0.5) is 0 Å². The molecule has 3 aromatic rings. The highest BCUT2D eigenvalue weighted by Gasteiger charge is 2.21. The van der Waals surface area contributed by atoms with E-state index in [9.17, 15) is 4.79 Å². The minimum Gasteiger partial charge on any atom is -0.327 e. The predicted molar refractivity (Wildman–Crippen MR) is 103 cm³/mol. The van der Waals surface area contributed by atoms with Crippen LogP contribution in [0.1, 0.15) is 28.2 Å². The molecular weight excluding hydrogens is 377 g/mol. The third kappa shape index (κ3) is 3.22. The first-order chi connectivity index (χ1) is 12.0. The van der Waals surface area contributed by atoms with Crippen molar-refractivity contribution in [2.75, 3.05) is 7.05 Å². The van der Waals surface area contributed by atoms with Gasteiger partial charge >= 0.3 is 0 Å². The lowest BCUT2D eigenvalue weighted by Crippen LogP contribution is -3.06. The molecule has 0 amide bonds. The van der Waals surface area contributed by atoms with Crippen molar-refractivity contribution < 1.29 is 4.90 Å². The van der Waals surface area contributed by atoms with E-state index in [0.717, 1.165) is 35.0 Å². The Morgan fingerprint density at radius 2 is 2.12 bits per heavy atom. The molecule has 4 nitrogen and oxygen atoms in total. The average Bonchev–Trinajstić information content (AvgIpc) is 3.12. The average molecular weight is 395 g/mol. The topological polar surface area (TPSA) is 50.2 Å². The van der Waals surface area contributed by atoms with Crippen LogP contribution in [0.15, 0.2) is 23.0 Å². The van der Waals surface area contributed by atoms with Crippen molar-refractivity contribution in [3.05, 3.63) is 60.4 Å². The smallest absolute Gasteiger partial charge is 0.260 e. The number of hydrogen-bond donors (Lipinski definition) is 2. The number of nitrogens with zero attached hydrogens (tertiary/aromatic N) is 1. The first-order valence-electron chi connectivity index (χ1n) is 8.30. The summed E-state index contributed by atoms with van der Waals surface area (Å²) in [5, 5.41) is 1.96. The molecule has 0 radical (unpaired) electrons. The van der Waals surface area contributed by atoms with Crippen LogP contribution in [0.5, 0.6) is 0 Å². The maximum Gasteiger partial charge on any atom is 0.260 e. The molecule has 2 heterocycles. The molecule has 0 saturated carbocycles. The van der Waals surface area contributed by atoms with E-state index in [1.54, 1.807) is 17.4 Å². The molecule has 0 bridgehead atoms. The number of H-pyrrole nitrogens is 1. The van der Waals surface area contributed by atoms with Crippen LogP contribution in [0, 0.1) is 0 Å². The summed E-state index contributed by atoms with van der Waals surface area (Å²) in [5.41, 5.74) is 2.20. The van der Waals surface area contributed by atoms with E-state index in [1.807, 2.05) is 12.1 Å². The maximum atomic E-state index is 12.5. The fourth-order valence-electron chi connectivity index (χ4n) is 3.49. The van der Waals surface area contributed by atoms with Gasteiger partial charge in [-0.05, 0) is 30.9 Å². The zero-order chi connectivity index (χ0) is 17.6. The van der Waals surface area contributed by atoms with E-state index in [1.165, 1.54) is 15.3 Å². The molecule has 0 aliphatic heterocycles. The van der Waals surface area contributed by atoms with Gasteiger partial charge < -0.3 is 9.88 Å². The van der Waals surface area contributed by atoms with E-state index in [4.69, 9.17) is 28.2 Å². The Bertz CT molecular complexity index is 1010. The number of aromatic amines is 1. The second-order valence-corrected chi connectivity index (χ2v) is 8.44. The minimum atomic E-state index is -0.00649. The van der Waals surface area contributed by atoms with Crippen LogP contribution in [0.25, 0.3) is 10.2 Å². The molecule has 2 aromatic heterocycles. The summed E-state index contributed by atoms with van der Waals surface area (Å²) < 4.78 is 0. The molecule has 1 aromatic carbocycles. The SMILES string of the molecule is C[NH+](Cc1nc2sc3c(c2c(=O)[nH]1)CCC3)Cc1cccc(Cl)c1Cl. The fraction of sp³-hybridized carbons (Fsp3) is 0.333. The van der Waals surface area contributed by atoms with Gasteiger partial charge in [-0.25, -0.2) is 4.98 Å². The molecule has 25 heavy (non-hydrogen) atoms. The first kappa shape index (κ1) is 17.0. The Labute approximate surface area is 159 Å². The molecule has 2 N–H and O–H groups in total. The highest BCUT2D eigenvalue weighted by Crippen LogP contribution is 2.34. The molecule has 0 fully saturated rings. The summed E-state index contributed by atoms with van der Waals surface area (Å²) in [5.74, 6) is 0.716. The standard InChI is InChI=1S/C18H17Cl2N3OS/c1-23(8-10-4-2-6-12(19)16(10)20)9-14-21-17(24)15-11-5-3-7-13(11)25-18(15)22-14/h2,4,6H,3,5,7-9H2,1H3,(H,21,22,24)/p+1. The Kier molecular flexibility index (Phi) is 4.58. The van der Waals surface area contributed by atoms with Crippen LogP contribution >= 0.6 is 34.5 Å². The number of quaternary nitrogens is 1. The van der Waals surface area contributed by atoms with Crippen LogP contribution in [0.3, 0.4) is 0 Å². The van der Waals surface area contributed by atoms with Crippen LogP contribution in [-0.4, -0.2) is 17.0 Å². The molecule has 0 saturated heterocycles. The maximum absolute atomic E-state index is 12.5. The molecule has 1 unspecified atom stereocenters. The number of hydrogen-bond acceptors (Lipinski definition) is 3. The van der Waals surface area contributed by atoms with Gasteiger partial charge in [0, 0.05) is 10.4 Å².